The van der Waals surface area contributed by atoms with Gasteiger partial charge in [0.1, 0.15) is 5.82 Å². The summed E-state index contributed by atoms with van der Waals surface area (Å²) >= 11 is 0. The first-order valence-corrected chi connectivity index (χ1v) is 15.2. The molecular weight excluding hydrogens is 490 g/mol. The van der Waals surface area contributed by atoms with Gasteiger partial charge in [0, 0.05) is 55.5 Å². The SMILES string of the molecule is CCS(=O)(=O)N1[C@@H]2CCC[C@H]1C[C@H](N(C)c1nc(Nc3cc(C)[nH]n3)cc(C3CCOC(C)(C)C3)n1)C2. The number of aromatic amines is 1. The van der Waals surface area contributed by atoms with Gasteiger partial charge in [-0.05, 0) is 66.2 Å². The molecule has 11 heteroatoms. The Kier molecular flexibility index (Phi) is 7.23. The predicted molar refractivity (Wildman–Crippen MR) is 145 cm³/mol. The highest BCUT2D eigenvalue weighted by Crippen LogP contribution is 2.40. The monoisotopic (exact) mass is 531 g/mol. The molecule has 0 aliphatic carbocycles. The Labute approximate surface area is 220 Å². The molecule has 5 heterocycles. The summed E-state index contributed by atoms with van der Waals surface area (Å²) in [7, 11) is -1.16. The Morgan fingerprint density at radius 2 is 1.89 bits per heavy atom. The van der Waals surface area contributed by atoms with Crippen LogP contribution in [0.25, 0.3) is 0 Å². The molecule has 10 nitrogen and oxygen atoms in total. The fraction of sp³-hybridized carbons (Fsp3) is 0.731. The van der Waals surface area contributed by atoms with Crippen LogP contribution in [-0.2, 0) is 14.8 Å². The standard InChI is InChI=1S/C26H41N7O3S/c1-6-37(34,35)33-19-8-7-9-20(33)14-21(13-19)32(5)25-27-22(18-10-11-36-26(3,4)16-18)15-23(29-25)28-24-12-17(2)30-31-24/h12,15,18-21H,6-11,13-14,16H2,1-5H3,(H2,27,28,29,30,31)/t18?,19-,20+,21-. The van der Waals surface area contributed by atoms with E-state index in [1.807, 2.05) is 23.4 Å². The molecule has 0 saturated carbocycles. The maximum absolute atomic E-state index is 12.9. The van der Waals surface area contributed by atoms with Crippen LogP contribution in [-0.4, -0.2) is 76.0 Å². The van der Waals surface area contributed by atoms with E-state index in [-0.39, 0.29) is 35.4 Å². The highest BCUT2D eigenvalue weighted by atomic mass is 32.2. The zero-order valence-corrected chi connectivity index (χ0v) is 23.5. The van der Waals surface area contributed by atoms with Gasteiger partial charge >= 0.3 is 0 Å². The van der Waals surface area contributed by atoms with Crippen molar-refractivity contribution in [3.05, 3.63) is 23.5 Å². The van der Waals surface area contributed by atoms with Gasteiger partial charge in [-0.2, -0.15) is 14.4 Å². The van der Waals surface area contributed by atoms with Gasteiger partial charge in [0.05, 0.1) is 17.0 Å². The lowest BCUT2D eigenvalue weighted by molar-refractivity contribution is -0.0597. The molecule has 2 bridgehead atoms. The van der Waals surface area contributed by atoms with E-state index >= 15 is 0 Å². The summed E-state index contributed by atoms with van der Waals surface area (Å²) in [6.07, 6.45) is 6.33. The van der Waals surface area contributed by atoms with E-state index < -0.39 is 10.0 Å². The minimum atomic E-state index is -3.21. The number of anilines is 3. The second kappa shape index (κ2) is 10.1. The lowest BCUT2D eigenvalue weighted by atomic mass is 9.83. The summed E-state index contributed by atoms with van der Waals surface area (Å²) in [6, 6.07) is 4.27. The van der Waals surface area contributed by atoms with Gasteiger partial charge < -0.3 is 15.0 Å². The minimum absolute atomic E-state index is 0.0500. The first-order valence-electron chi connectivity index (χ1n) is 13.6. The number of hydrogen-bond donors (Lipinski definition) is 2. The molecule has 4 atom stereocenters. The number of ether oxygens (including phenoxy) is 1. The molecule has 0 radical (unpaired) electrons. The number of piperidine rings is 2. The summed E-state index contributed by atoms with van der Waals surface area (Å²) in [5, 5.41) is 10.7. The van der Waals surface area contributed by atoms with Gasteiger partial charge in [-0.3, -0.25) is 5.10 Å². The van der Waals surface area contributed by atoms with Crippen molar-refractivity contribution in [1.82, 2.24) is 24.5 Å². The van der Waals surface area contributed by atoms with Crippen LogP contribution in [0.15, 0.2) is 12.1 Å². The third-order valence-corrected chi connectivity index (χ3v) is 10.2. The zero-order valence-electron chi connectivity index (χ0n) is 22.7. The third-order valence-electron chi connectivity index (χ3n) is 8.24. The van der Waals surface area contributed by atoms with E-state index in [4.69, 9.17) is 14.7 Å². The van der Waals surface area contributed by atoms with E-state index in [0.29, 0.717) is 18.4 Å². The Morgan fingerprint density at radius 3 is 2.51 bits per heavy atom. The van der Waals surface area contributed by atoms with Gasteiger partial charge in [-0.25, -0.2) is 13.4 Å². The maximum Gasteiger partial charge on any atom is 0.227 e. The molecule has 0 spiro atoms. The molecule has 3 saturated heterocycles. The quantitative estimate of drug-likeness (QED) is 0.549. The molecule has 3 fully saturated rings. The number of hydrogen-bond acceptors (Lipinski definition) is 8. The number of nitrogens with zero attached hydrogens (tertiary/aromatic N) is 5. The van der Waals surface area contributed by atoms with Crippen molar-refractivity contribution < 1.29 is 13.2 Å². The van der Waals surface area contributed by atoms with E-state index in [2.05, 4.69) is 41.3 Å². The molecular formula is C26H41N7O3S. The molecule has 3 aliphatic rings. The predicted octanol–water partition coefficient (Wildman–Crippen LogP) is 4.10. The van der Waals surface area contributed by atoms with Crippen molar-refractivity contribution in [3.63, 3.8) is 0 Å². The molecule has 204 valence electrons. The number of aryl methyl sites for hydroxylation is 1. The van der Waals surface area contributed by atoms with Crippen molar-refractivity contribution in [1.29, 1.82) is 0 Å². The van der Waals surface area contributed by atoms with Crippen molar-refractivity contribution in [2.75, 3.05) is 29.6 Å². The van der Waals surface area contributed by atoms with Gasteiger partial charge in [0.25, 0.3) is 0 Å². The Balaban J connectivity index is 1.44. The van der Waals surface area contributed by atoms with Crippen LogP contribution < -0.4 is 10.2 Å². The van der Waals surface area contributed by atoms with Crippen LogP contribution in [0, 0.1) is 6.92 Å². The maximum atomic E-state index is 12.9. The van der Waals surface area contributed by atoms with Crippen molar-refractivity contribution in [3.8, 4) is 0 Å². The lowest BCUT2D eigenvalue weighted by Crippen LogP contribution is -2.58. The Morgan fingerprint density at radius 1 is 1.16 bits per heavy atom. The van der Waals surface area contributed by atoms with Gasteiger partial charge in [0.15, 0.2) is 5.82 Å². The van der Waals surface area contributed by atoms with E-state index in [0.717, 1.165) is 62.2 Å². The smallest absolute Gasteiger partial charge is 0.227 e. The summed E-state index contributed by atoms with van der Waals surface area (Å²) < 4.78 is 33.5. The van der Waals surface area contributed by atoms with Crippen LogP contribution >= 0.6 is 0 Å². The molecule has 2 aromatic heterocycles. The molecule has 0 aromatic carbocycles. The van der Waals surface area contributed by atoms with Crippen molar-refractivity contribution in [2.45, 2.75) is 102 Å². The largest absolute Gasteiger partial charge is 0.376 e. The number of rotatable bonds is 7. The van der Waals surface area contributed by atoms with Gasteiger partial charge in [0.2, 0.25) is 16.0 Å². The molecule has 0 amide bonds. The number of sulfonamides is 1. The molecule has 5 rings (SSSR count). The van der Waals surface area contributed by atoms with Crippen molar-refractivity contribution in [2.24, 2.45) is 0 Å². The van der Waals surface area contributed by atoms with Crippen LogP contribution in [0.2, 0.25) is 0 Å². The molecule has 3 aliphatic heterocycles. The molecule has 1 unspecified atom stereocenters. The zero-order chi connectivity index (χ0) is 26.4. The molecule has 2 N–H and O–H groups in total. The van der Waals surface area contributed by atoms with Crippen LogP contribution in [0.3, 0.4) is 0 Å². The first kappa shape index (κ1) is 26.4. The Hall–Kier alpha value is -2.24. The minimum Gasteiger partial charge on any atom is -0.376 e. The highest BCUT2D eigenvalue weighted by molar-refractivity contribution is 7.89. The summed E-state index contributed by atoms with van der Waals surface area (Å²) in [5.41, 5.74) is 1.79. The highest BCUT2D eigenvalue weighted by Gasteiger charge is 2.45. The van der Waals surface area contributed by atoms with E-state index in [1.165, 1.54) is 0 Å². The topological polar surface area (TPSA) is 116 Å². The third kappa shape index (κ3) is 5.63. The average Bonchev–Trinajstić information content (AvgIpc) is 3.26. The summed E-state index contributed by atoms with van der Waals surface area (Å²) in [5.74, 6) is 2.54. The molecule has 2 aromatic rings. The number of H-pyrrole nitrogens is 1. The van der Waals surface area contributed by atoms with Gasteiger partial charge in [-0.15, -0.1) is 0 Å². The van der Waals surface area contributed by atoms with Crippen LogP contribution in [0.4, 0.5) is 17.6 Å². The second-order valence-electron chi connectivity index (χ2n) is 11.5. The van der Waals surface area contributed by atoms with Crippen LogP contribution in [0.1, 0.15) is 83.0 Å². The number of aromatic nitrogens is 4. The fourth-order valence-electron chi connectivity index (χ4n) is 6.37. The normalized spacial score (nSPS) is 28.1. The van der Waals surface area contributed by atoms with Gasteiger partial charge in [-0.1, -0.05) is 6.42 Å². The lowest BCUT2D eigenvalue weighted by Gasteiger charge is -2.49. The average molecular weight is 532 g/mol. The molecule has 37 heavy (non-hydrogen) atoms. The number of nitrogens with one attached hydrogen (secondary N) is 2. The number of fused-ring (bicyclic) bond motifs is 2. The van der Waals surface area contributed by atoms with Crippen LogP contribution in [0.5, 0.6) is 0 Å². The van der Waals surface area contributed by atoms with Crippen molar-refractivity contribution >= 4 is 27.6 Å². The van der Waals surface area contributed by atoms with E-state index in [1.54, 1.807) is 6.92 Å². The second-order valence-corrected chi connectivity index (χ2v) is 13.7. The summed E-state index contributed by atoms with van der Waals surface area (Å²) in [6.45, 7) is 8.69. The first-order chi connectivity index (χ1) is 17.5. The summed E-state index contributed by atoms with van der Waals surface area (Å²) in [4.78, 5) is 12.2. The van der Waals surface area contributed by atoms with E-state index in [9.17, 15) is 8.42 Å². The Bertz CT molecular complexity index is 1200. The fourth-order valence-corrected chi connectivity index (χ4v) is 7.96.